The topological polar surface area (TPSA) is 44.6 Å². The molecule has 1 aliphatic rings. The number of benzene rings is 1. The lowest BCUT2D eigenvalue weighted by Crippen LogP contribution is -3.17. The van der Waals surface area contributed by atoms with Gasteiger partial charge in [0.25, 0.3) is 0 Å². The highest BCUT2D eigenvalue weighted by molar-refractivity contribution is 5.69. The van der Waals surface area contributed by atoms with Gasteiger partial charge in [-0.3, -0.25) is 0 Å². The van der Waals surface area contributed by atoms with Crippen molar-refractivity contribution in [2.75, 3.05) is 6.54 Å². The number of carboxylic acid groups (broad SMARTS) is 1. The molecule has 0 amide bonds. The maximum atomic E-state index is 13.0. The molecule has 1 fully saturated rings. The molecule has 0 aliphatic carbocycles. The molecule has 1 saturated heterocycles. The molecule has 0 bridgehead atoms. The zero-order valence-electron chi connectivity index (χ0n) is 9.62. The number of piperidine rings is 1. The van der Waals surface area contributed by atoms with Crippen molar-refractivity contribution in [1.29, 1.82) is 0 Å². The van der Waals surface area contributed by atoms with Crippen LogP contribution in [0.2, 0.25) is 0 Å². The Kier molecular flexibility index (Phi) is 3.74. The van der Waals surface area contributed by atoms with Gasteiger partial charge in [-0.1, -0.05) is 12.1 Å². The predicted molar refractivity (Wildman–Crippen MR) is 58.6 cm³/mol. The predicted octanol–water partition coefficient (Wildman–Crippen LogP) is -0.487. The van der Waals surface area contributed by atoms with Gasteiger partial charge in [0.2, 0.25) is 0 Å². The fourth-order valence-corrected chi connectivity index (χ4v) is 2.48. The maximum Gasteiger partial charge on any atom is 0.128 e. The highest BCUT2D eigenvalue weighted by Gasteiger charge is 2.27. The van der Waals surface area contributed by atoms with E-state index in [1.807, 2.05) is 6.07 Å². The molecule has 1 heterocycles. The Morgan fingerprint density at radius 3 is 3.00 bits per heavy atom. The molecule has 0 aromatic heterocycles. The number of hydrogen-bond acceptors (Lipinski definition) is 2. The van der Waals surface area contributed by atoms with Crippen LogP contribution in [0.5, 0.6) is 0 Å². The zero-order valence-corrected chi connectivity index (χ0v) is 9.62. The van der Waals surface area contributed by atoms with E-state index in [0.717, 1.165) is 29.8 Å². The third-order valence-corrected chi connectivity index (χ3v) is 3.34. The SMILES string of the molecule is O=C([O-])[C@H]1CCCC[NH+]1Cc1cccc(F)c1. The normalized spacial score (nSPS) is 24.5. The summed E-state index contributed by atoms with van der Waals surface area (Å²) in [5.74, 6) is -1.26. The summed E-state index contributed by atoms with van der Waals surface area (Å²) in [6, 6.07) is 5.89. The molecule has 1 aliphatic heterocycles. The van der Waals surface area contributed by atoms with E-state index in [0.29, 0.717) is 13.0 Å². The van der Waals surface area contributed by atoms with Gasteiger partial charge in [0.15, 0.2) is 0 Å². The molecule has 1 unspecified atom stereocenters. The van der Waals surface area contributed by atoms with E-state index in [2.05, 4.69) is 0 Å². The number of hydrogen-bond donors (Lipinski definition) is 1. The van der Waals surface area contributed by atoms with Gasteiger partial charge >= 0.3 is 0 Å². The van der Waals surface area contributed by atoms with Crippen LogP contribution in [0.4, 0.5) is 4.39 Å². The molecule has 1 N–H and O–H groups in total. The fraction of sp³-hybridized carbons (Fsp3) is 0.462. The van der Waals surface area contributed by atoms with E-state index in [1.165, 1.54) is 12.1 Å². The molecular formula is C13H16FNO2. The summed E-state index contributed by atoms with van der Waals surface area (Å²) in [4.78, 5) is 12.0. The number of carbonyl (C=O) groups excluding carboxylic acids is 1. The molecule has 17 heavy (non-hydrogen) atoms. The second kappa shape index (κ2) is 5.27. The first-order valence-corrected chi connectivity index (χ1v) is 5.96. The highest BCUT2D eigenvalue weighted by atomic mass is 19.1. The van der Waals surface area contributed by atoms with Gasteiger partial charge in [-0.25, -0.2) is 4.39 Å². The van der Waals surface area contributed by atoms with Crippen molar-refractivity contribution < 1.29 is 19.2 Å². The molecule has 0 spiro atoms. The average Bonchev–Trinajstić information content (AvgIpc) is 2.29. The summed E-state index contributed by atoms with van der Waals surface area (Å²) >= 11 is 0. The quantitative estimate of drug-likeness (QED) is 0.771. The first-order valence-electron chi connectivity index (χ1n) is 5.96. The van der Waals surface area contributed by atoms with E-state index in [9.17, 15) is 14.3 Å². The standard InChI is InChI=1S/C13H16FNO2/c14-11-5-3-4-10(8-11)9-15-7-2-1-6-12(15)13(16)17/h3-5,8,12H,1-2,6-7,9H2,(H,16,17)/t12-/m1/s1. The number of quaternary nitrogens is 1. The van der Waals surface area contributed by atoms with Crippen molar-refractivity contribution in [3.05, 3.63) is 35.6 Å². The summed E-state index contributed by atoms with van der Waals surface area (Å²) < 4.78 is 13.0. The van der Waals surface area contributed by atoms with Gasteiger partial charge < -0.3 is 14.8 Å². The van der Waals surface area contributed by atoms with Crippen molar-refractivity contribution in [2.45, 2.75) is 31.8 Å². The summed E-state index contributed by atoms with van der Waals surface area (Å²) in [5, 5.41) is 11.0. The van der Waals surface area contributed by atoms with Crippen LogP contribution in [0.1, 0.15) is 24.8 Å². The van der Waals surface area contributed by atoms with Gasteiger partial charge in [0.05, 0.1) is 12.5 Å². The zero-order chi connectivity index (χ0) is 12.3. The minimum Gasteiger partial charge on any atom is -0.544 e. The number of aliphatic carboxylic acids is 1. The minimum absolute atomic E-state index is 0.274. The van der Waals surface area contributed by atoms with Gasteiger partial charge in [-0.15, -0.1) is 0 Å². The largest absolute Gasteiger partial charge is 0.544 e. The van der Waals surface area contributed by atoms with Crippen LogP contribution in [0.25, 0.3) is 0 Å². The average molecular weight is 237 g/mol. The Morgan fingerprint density at radius 1 is 1.47 bits per heavy atom. The van der Waals surface area contributed by atoms with Crippen LogP contribution in [0.15, 0.2) is 24.3 Å². The van der Waals surface area contributed by atoms with Crippen LogP contribution in [-0.2, 0) is 11.3 Å². The number of halogens is 1. The highest BCUT2D eigenvalue weighted by Crippen LogP contribution is 2.06. The summed E-state index contributed by atoms with van der Waals surface area (Å²) in [7, 11) is 0. The number of likely N-dealkylation sites (tertiary alicyclic amines) is 1. The van der Waals surface area contributed by atoms with Gasteiger partial charge in [0, 0.05) is 12.0 Å². The van der Waals surface area contributed by atoms with Crippen molar-refractivity contribution in [2.24, 2.45) is 0 Å². The van der Waals surface area contributed by atoms with E-state index in [-0.39, 0.29) is 5.82 Å². The van der Waals surface area contributed by atoms with E-state index >= 15 is 0 Å². The van der Waals surface area contributed by atoms with Crippen molar-refractivity contribution in [1.82, 2.24) is 0 Å². The first kappa shape index (κ1) is 12.0. The van der Waals surface area contributed by atoms with Crippen LogP contribution < -0.4 is 10.0 Å². The Hall–Kier alpha value is -1.42. The molecule has 92 valence electrons. The van der Waals surface area contributed by atoms with Crippen LogP contribution in [0.3, 0.4) is 0 Å². The number of rotatable bonds is 3. The Morgan fingerprint density at radius 2 is 2.29 bits per heavy atom. The molecular weight excluding hydrogens is 221 g/mol. The lowest BCUT2D eigenvalue weighted by molar-refractivity contribution is -0.937. The maximum absolute atomic E-state index is 13.0. The summed E-state index contributed by atoms with van der Waals surface area (Å²) in [6.45, 7) is 1.37. The van der Waals surface area contributed by atoms with Crippen LogP contribution >= 0.6 is 0 Å². The third-order valence-electron chi connectivity index (χ3n) is 3.34. The van der Waals surface area contributed by atoms with Crippen LogP contribution in [-0.4, -0.2) is 18.6 Å². The van der Waals surface area contributed by atoms with E-state index < -0.39 is 12.0 Å². The molecule has 0 saturated carbocycles. The number of carboxylic acids is 1. The fourth-order valence-electron chi connectivity index (χ4n) is 2.48. The van der Waals surface area contributed by atoms with Gasteiger partial charge in [-0.05, 0) is 25.0 Å². The van der Waals surface area contributed by atoms with Gasteiger partial charge in [-0.2, -0.15) is 0 Å². The first-order chi connectivity index (χ1) is 8.16. The lowest BCUT2D eigenvalue weighted by atomic mass is 10.0. The minimum atomic E-state index is -0.990. The lowest BCUT2D eigenvalue weighted by Gasteiger charge is -2.33. The molecule has 1 aromatic carbocycles. The Balaban J connectivity index is 2.08. The molecule has 4 heteroatoms. The number of carbonyl (C=O) groups is 1. The molecule has 2 atom stereocenters. The van der Waals surface area contributed by atoms with Crippen molar-refractivity contribution >= 4 is 5.97 Å². The van der Waals surface area contributed by atoms with E-state index in [4.69, 9.17) is 0 Å². The van der Waals surface area contributed by atoms with E-state index in [1.54, 1.807) is 6.07 Å². The van der Waals surface area contributed by atoms with Crippen molar-refractivity contribution in [3.8, 4) is 0 Å². The van der Waals surface area contributed by atoms with Crippen LogP contribution in [0, 0.1) is 5.82 Å². The second-order valence-corrected chi connectivity index (χ2v) is 4.58. The Bertz CT molecular complexity index is 408. The van der Waals surface area contributed by atoms with Crippen molar-refractivity contribution in [3.63, 3.8) is 0 Å². The molecule has 2 rings (SSSR count). The number of nitrogens with one attached hydrogen (secondary N) is 1. The monoisotopic (exact) mass is 237 g/mol. The summed E-state index contributed by atoms with van der Waals surface area (Å²) in [5.41, 5.74) is 0.841. The summed E-state index contributed by atoms with van der Waals surface area (Å²) in [6.07, 6.45) is 2.62. The third kappa shape index (κ3) is 3.03. The smallest absolute Gasteiger partial charge is 0.128 e. The molecule has 1 aromatic rings. The van der Waals surface area contributed by atoms with Gasteiger partial charge in [0.1, 0.15) is 18.4 Å². The second-order valence-electron chi connectivity index (χ2n) is 4.58. The molecule has 3 nitrogen and oxygen atoms in total. The Labute approximate surface area is 99.9 Å². The molecule has 0 radical (unpaired) electrons.